The van der Waals surface area contributed by atoms with Gasteiger partial charge in [0, 0.05) is 29.1 Å². The summed E-state index contributed by atoms with van der Waals surface area (Å²) in [5.41, 5.74) is 5.55. The van der Waals surface area contributed by atoms with E-state index in [2.05, 4.69) is 51.2 Å². The number of hydrogen-bond donors (Lipinski definition) is 3. The normalized spacial score (nSPS) is 22.8. The predicted octanol–water partition coefficient (Wildman–Crippen LogP) is 3.91. The van der Waals surface area contributed by atoms with Crippen LogP contribution in [0.2, 0.25) is 0 Å². The average molecular weight is 454 g/mol. The summed E-state index contributed by atoms with van der Waals surface area (Å²) in [7, 11) is 0. The molecule has 2 aromatic carbocycles. The highest BCUT2D eigenvalue weighted by molar-refractivity contribution is 5.79. The number of para-hydroxylation sites is 1. The molecule has 0 aromatic heterocycles. The summed E-state index contributed by atoms with van der Waals surface area (Å²) < 4.78 is 11.9. The Morgan fingerprint density at radius 2 is 1.97 bits per heavy atom. The Hall–Kier alpha value is -2.41. The lowest BCUT2D eigenvalue weighted by Crippen LogP contribution is -2.46. The lowest BCUT2D eigenvalue weighted by Gasteiger charge is -2.28. The molecule has 1 fully saturated rings. The van der Waals surface area contributed by atoms with Crippen LogP contribution in [-0.4, -0.2) is 47.1 Å². The molecule has 1 heterocycles. The Bertz CT molecular complexity index is 1030. The topological polar surface area (TPSA) is 88.0 Å². The maximum Gasteiger partial charge on any atom is 0.311 e. The van der Waals surface area contributed by atoms with E-state index < -0.39 is 18.0 Å². The van der Waals surface area contributed by atoms with E-state index in [0.29, 0.717) is 6.54 Å². The van der Waals surface area contributed by atoms with E-state index in [1.165, 1.54) is 16.7 Å². The van der Waals surface area contributed by atoms with E-state index in [1.807, 2.05) is 25.1 Å². The highest BCUT2D eigenvalue weighted by Crippen LogP contribution is 2.59. The van der Waals surface area contributed by atoms with Gasteiger partial charge in [-0.1, -0.05) is 36.4 Å². The number of aliphatic hydroxyl groups is 1. The fourth-order valence-corrected chi connectivity index (χ4v) is 4.81. The van der Waals surface area contributed by atoms with Crippen LogP contribution in [0.5, 0.6) is 5.75 Å². The lowest BCUT2D eigenvalue weighted by molar-refractivity contribution is -0.139. The van der Waals surface area contributed by atoms with Gasteiger partial charge in [0.1, 0.15) is 17.8 Å². The zero-order chi connectivity index (χ0) is 23.9. The van der Waals surface area contributed by atoms with Crippen molar-refractivity contribution in [3.05, 3.63) is 64.2 Å². The molecule has 1 aliphatic carbocycles. The van der Waals surface area contributed by atoms with Crippen molar-refractivity contribution in [3.63, 3.8) is 0 Å². The Labute approximate surface area is 195 Å². The van der Waals surface area contributed by atoms with E-state index in [4.69, 9.17) is 9.47 Å². The van der Waals surface area contributed by atoms with Crippen LogP contribution >= 0.6 is 0 Å². The number of carbonyl (C=O) groups is 1. The number of fused-ring (bicyclic) bond motifs is 3. The van der Waals surface area contributed by atoms with E-state index in [1.54, 1.807) is 0 Å². The van der Waals surface area contributed by atoms with Crippen molar-refractivity contribution in [2.75, 3.05) is 13.2 Å². The number of nitrogens with one attached hydrogen (secondary N) is 1. The van der Waals surface area contributed by atoms with Crippen molar-refractivity contribution in [2.45, 2.75) is 70.8 Å². The van der Waals surface area contributed by atoms with Crippen molar-refractivity contribution in [2.24, 2.45) is 5.92 Å². The standard InChI is InChI=1S/C27H35NO5/c1-15-9-10-18(11-16(15)2)12-27(4,5)28-13-19(29)14-32-17(3)20-7-6-8-21-22-23(26(30)31)25(22)33-24(20)21/h6-11,17,19,22-23,25,28-29H,12-14H2,1-5H3,(H,30,31)/t17-,19?,22+,23+,25+/m1/s1. The minimum absolute atomic E-state index is 0.0565. The molecule has 1 unspecified atom stereocenters. The third-order valence-electron chi connectivity index (χ3n) is 6.94. The molecule has 5 atom stereocenters. The number of carboxylic acid groups (broad SMARTS) is 1. The van der Waals surface area contributed by atoms with Gasteiger partial charge in [-0.25, -0.2) is 0 Å². The van der Waals surface area contributed by atoms with E-state index in [-0.39, 0.29) is 30.3 Å². The largest absolute Gasteiger partial charge is 0.488 e. The van der Waals surface area contributed by atoms with Gasteiger partial charge in [-0.2, -0.15) is 0 Å². The molecule has 0 spiro atoms. The fourth-order valence-electron chi connectivity index (χ4n) is 4.81. The quantitative estimate of drug-likeness (QED) is 0.506. The molecule has 2 aromatic rings. The molecule has 178 valence electrons. The first-order chi connectivity index (χ1) is 15.6. The van der Waals surface area contributed by atoms with Gasteiger partial charge in [0.05, 0.1) is 18.8 Å². The van der Waals surface area contributed by atoms with Gasteiger partial charge in [-0.15, -0.1) is 0 Å². The van der Waals surface area contributed by atoms with Gasteiger partial charge in [0.15, 0.2) is 0 Å². The van der Waals surface area contributed by atoms with Crippen LogP contribution in [0.1, 0.15) is 60.6 Å². The van der Waals surface area contributed by atoms with Gasteiger partial charge < -0.3 is 25.0 Å². The van der Waals surface area contributed by atoms with Gasteiger partial charge in [-0.3, -0.25) is 4.79 Å². The van der Waals surface area contributed by atoms with Crippen LogP contribution in [0.15, 0.2) is 36.4 Å². The Morgan fingerprint density at radius 3 is 2.67 bits per heavy atom. The van der Waals surface area contributed by atoms with Crippen molar-refractivity contribution >= 4 is 5.97 Å². The molecule has 1 saturated carbocycles. The second kappa shape index (κ2) is 9.09. The predicted molar refractivity (Wildman–Crippen MR) is 127 cm³/mol. The Kier molecular flexibility index (Phi) is 6.54. The molecule has 4 rings (SSSR count). The maximum absolute atomic E-state index is 11.3. The number of aryl methyl sites for hydroxylation is 2. The summed E-state index contributed by atoms with van der Waals surface area (Å²) in [5, 5.41) is 23.3. The minimum Gasteiger partial charge on any atom is -0.488 e. The third kappa shape index (κ3) is 5.08. The molecule has 0 amide bonds. The van der Waals surface area contributed by atoms with Crippen LogP contribution in [0, 0.1) is 19.8 Å². The molecule has 0 radical (unpaired) electrons. The fraction of sp³-hybridized carbons (Fsp3) is 0.519. The number of ether oxygens (including phenoxy) is 2. The molecule has 6 heteroatoms. The van der Waals surface area contributed by atoms with Gasteiger partial charge >= 0.3 is 5.97 Å². The van der Waals surface area contributed by atoms with Crippen molar-refractivity contribution in [3.8, 4) is 5.75 Å². The van der Waals surface area contributed by atoms with Crippen LogP contribution in [0.4, 0.5) is 0 Å². The highest BCUT2D eigenvalue weighted by atomic mass is 16.5. The number of aliphatic carboxylic acids is 1. The number of rotatable bonds is 10. The smallest absolute Gasteiger partial charge is 0.311 e. The third-order valence-corrected chi connectivity index (χ3v) is 6.94. The van der Waals surface area contributed by atoms with Crippen molar-refractivity contribution in [1.82, 2.24) is 5.32 Å². The zero-order valence-electron chi connectivity index (χ0n) is 20.1. The summed E-state index contributed by atoms with van der Waals surface area (Å²) >= 11 is 0. The maximum atomic E-state index is 11.3. The van der Waals surface area contributed by atoms with E-state index in [0.717, 1.165) is 23.3 Å². The number of β-amino-alcohol motifs (C(OH)–C–C–N with tert-alkyl or cyclic N) is 1. The molecule has 1 aliphatic heterocycles. The highest BCUT2D eigenvalue weighted by Gasteiger charge is 2.63. The SMILES string of the molecule is Cc1ccc(CC(C)(C)NCC(O)CO[C@H](C)c2cccc3c2O[C@@H]2[C@@H](C(=O)O)[C@H]32)cc1C. The lowest BCUT2D eigenvalue weighted by atomic mass is 9.93. The number of aliphatic hydroxyl groups excluding tert-OH is 1. The summed E-state index contributed by atoms with van der Waals surface area (Å²) in [6.45, 7) is 11.1. The van der Waals surface area contributed by atoms with Gasteiger partial charge in [-0.05, 0) is 57.7 Å². The zero-order valence-corrected chi connectivity index (χ0v) is 20.1. The summed E-state index contributed by atoms with van der Waals surface area (Å²) in [6, 6.07) is 12.3. The second-order valence-electron chi connectivity index (χ2n) is 10.2. The van der Waals surface area contributed by atoms with Crippen molar-refractivity contribution < 1.29 is 24.5 Å². The summed E-state index contributed by atoms with van der Waals surface area (Å²) in [6.07, 6.45) is -0.307. The molecule has 3 N–H and O–H groups in total. The van der Waals surface area contributed by atoms with E-state index >= 15 is 0 Å². The summed E-state index contributed by atoms with van der Waals surface area (Å²) in [4.78, 5) is 11.3. The van der Waals surface area contributed by atoms with Crippen LogP contribution in [0.3, 0.4) is 0 Å². The molecule has 33 heavy (non-hydrogen) atoms. The molecule has 0 saturated heterocycles. The van der Waals surface area contributed by atoms with Crippen LogP contribution < -0.4 is 10.1 Å². The monoisotopic (exact) mass is 453 g/mol. The molecular formula is C27H35NO5. The number of hydrogen-bond acceptors (Lipinski definition) is 5. The minimum atomic E-state index is -0.804. The van der Waals surface area contributed by atoms with Crippen molar-refractivity contribution in [1.29, 1.82) is 0 Å². The summed E-state index contributed by atoms with van der Waals surface area (Å²) in [5.74, 6) is -0.552. The Balaban J connectivity index is 1.27. The molecule has 0 bridgehead atoms. The van der Waals surface area contributed by atoms with Gasteiger partial charge in [0.25, 0.3) is 0 Å². The van der Waals surface area contributed by atoms with Gasteiger partial charge in [0.2, 0.25) is 0 Å². The first kappa shape index (κ1) is 23.7. The number of carboxylic acids is 1. The molecule has 6 nitrogen and oxygen atoms in total. The van der Waals surface area contributed by atoms with Crippen LogP contribution in [0.25, 0.3) is 0 Å². The average Bonchev–Trinajstić information content (AvgIpc) is 3.35. The Morgan fingerprint density at radius 1 is 1.21 bits per heavy atom. The first-order valence-electron chi connectivity index (χ1n) is 11.7. The van der Waals surface area contributed by atoms with E-state index in [9.17, 15) is 15.0 Å². The molecule has 2 aliphatic rings. The first-order valence-corrected chi connectivity index (χ1v) is 11.7. The number of benzene rings is 2. The molecular weight excluding hydrogens is 418 g/mol. The second-order valence-corrected chi connectivity index (χ2v) is 10.2. The van der Waals surface area contributed by atoms with Crippen LogP contribution in [-0.2, 0) is 16.0 Å².